The molecule has 0 N–H and O–H groups in total. The van der Waals surface area contributed by atoms with E-state index in [1.807, 2.05) is 0 Å². The Morgan fingerprint density at radius 2 is 0.765 bits per heavy atom. The van der Waals surface area contributed by atoms with Crippen LogP contribution in [0.25, 0.3) is 56.7 Å². The van der Waals surface area contributed by atoms with Crippen LogP contribution in [0.2, 0.25) is 13.1 Å². The number of fused-ring (bicyclic) bond motifs is 2. The first kappa shape index (κ1) is 50.9. The molecule has 355 valence electrons. The molecule has 2 aliphatic carbocycles. The molecule has 0 fully saturated rings. The summed E-state index contributed by atoms with van der Waals surface area (Å²) >= 11 is -5.29. The summed E-state index contributed by atoms with van der Waals surface area (Å²) in [6, 6.07) is 46.7. The van der Waals surface area contributed by atoms with E-state index in [1.54, 1.807) is 0 Å². The minimum atomic E-state index is -5.29. The average molecular weight is 1040 g/mol. The van der Waals surface area contributed by atoms with Crippen molar-refractivity contribution in [2.75, 3.05) is 0 Å². The summed E-state index contributed by atoms with van der Waals surface area (Å²) in [6.45, 7) is 33.2. The van der Waals surface area contributed by atoms with Gasteiger partial charge in [-0.15, -0.1) is 0 Å². The first-order valence-electron chi connectivity index (χ1n) is 26.1. The first-order valence-corrected chi connectivity index (χ1v) is 42.4. The van der Waals surface area contributed by atoms with Gasteiger partial charge in [-0.3, -0.25) is 0 Å². The van der Waals surface area contributed by atoms with Gasteiger partial charge in [0.1, 0.15) is 0 Å². The quantitative estimate of drug-likeness (QED) is 0.0899. The van der Waals surface area contributed by atoms with Crippen molar-refractivity contribution in [2.45, 2.75) is 140 Å². The summed E-state index contributed by atoms with van der Waals surface area (Å²) in [4.78, 5) is 0. The number of halogens is 2. The van der Waals surface area contributed by atoms with Crippen molar-refractivity contribution in [1.82, 2.24) is 0 Å². The maximum atomic E-state index is 9.32. The summed E-state index contributed by atoms with van der Waals surface area (Å²) in [7, 11) is 18.6. The average Bonchev–Trinajstić information content (AvgIpc) is 3.94. The SMILES string of the molecule is CCC(C)C1=Cc2c(ccc(-c3ccccc3)c2-c2cc(C(C)C)cc(C(C)C)c2)[CH]1[Zr]([Cl])([Cl])([CH]1C(C(C)CC)=Cc2c1ccc(-c1ccccc1)c2-c1cc(C(C)C)cc(C(C)C)c1)[SiH](C)C. The number of hydrogen-bond acceptors (Lipinski definition) is 0. The molecule has 68 heavy (non-hydrogen) atoms. The fraction of sp³-hybridized carbons (Fsp3) is 0.375. The van der Waals surface area contributed by atoms with Crippen molar-refractivity contribution >= 4 is 35.1 Å². The normalized spacial score (nSPS) is 17.4. The van der Waals surface area contributed by atoms with Crippen LogP contribution in [0.15, 0.2) is 132 Å². The zero-order chi connectivity index (χ0) is 49.0. The van der Waals surface area contributed by atoms with E-state index in [0.29, 0.717) is 35.5 Å². The molecule has 0 nitrogen and oxygen atoms in total. The molecule has 0 bridgehead atoms. The van der Waals surface area contributed by atoms with E-state index >= 15 is 0 Å². The van der Waals surface area contributed by atoms with Crippen LogP contribution in [0.3, 0.4) is 0 Å². The predicted octanol–water partition coefficient (Wildman–Crippen LogP) is 20.5. The Hall–Kier alpha value is -3.52. The number of rotatable bonds is 15. The molecule has 0 aromatic heterocycles. The van der Waals surface area contributed by atoms with Gasteiger partial charge in [-0.25, -0.2) is 0 Å². The molecule has 4 unspecified atom stereocenters. The van der Waals surface area contributed by atoms with Gasteiger partial charge >= 0.3 is 424 Å². The van der Waals surface area contributed by atoms with E-state index in [-0.39, 0.29) is 7.25 Å². The molecule has 0 radical (unpaired) electrons. The van der Waals surface area contributed by atoms with Crippen molar-refractivity contribution in [3.63, 3.8) is 0 Å². The fourth-order valence-corrected chi connectivity index (χ4v) is 42.9. The van der Waals surface area contributed by atoms with Crippen LogP contribution in [0.5, 0.6) is 0 Å². The van der Waals surface area contributed by atoms with Crippen molar-refractivity contribution in [1.29, 1.82) is 0 Å². The van der Waals surface area contributed by atoms with Gasteiger partial charge in [-0.1, -0.05) is 0 Å². The third-order valence-electron chi connectivity index (χ3n) is 16.4. The monoisotopic (exact) mass is 1030 g/mol. The molecule has 0 heterocycles. The number of benzene rings is 6. The molecule has 0 spiro atoms. The van der Waals surface area contributed by atoms with Gasteiger partial charge in [0.25, 0.3) is 0 Å². The maximum absolute atomic E-state index is 9.32. The molecule has 6 aromatic rings. The topological polar surface area (TPSA) is 0 Å². The Labute approximate surface area is 420 Å². The molecular formula is C64H77Cl2SiZr. The molecule has 0 amide bonds. The molecule has 0 aliphatic heterocycles. The van der Waals surface area contributed by atoms with Crippen LogP contribution in [0.4, 0.5) is 0 Å². The van der Waals surface area contributed by atoms with Crippen LogP contribution in [-0.4, -0.2) is 5.92 Å². The Bertz CT molecular complexity index is 2640. The summed E-state index contributed by atoms with van der Waals surface area (Å²) in [5.41, 5.74) is 24.1. The van der Waals surface area contributed by atoms with Crippen LogP contribution in [-0.2, 0) is 15.6 Å². The van der Waals surface area contributed by atoms with Crippen LogP contribution in [0.1, 0.15) is 171 Å². The first-order chi connectivity index (χ1) is 32.3. The van der Waals surface area contributed by atoms with Crippen molar-refractivity contribution < 1.29 is 15.6 Å². The van der Waals surface area contributed by atoms with E-state index in [9.17, 15) is 17.0 Å². The minimum absolute atomic E-state index is 0.0183. The van der Waals surface area contributed by atoms with Gasteiger partial charge in [0.05, 0.1) is 0 Å². The Balaban J connectivity index is 1.47. The Morgan fingerprint density at radius 1 is 0.441 bits per heavy atom. The molecule has 0 saturated carbocycles. The van der Waals surface area contributed by atoms with Crippen molar-refractivity contribution in [3.8, 4) is 44.5 Å². The van der Waals surface area contributed by atoms with Crippen LogP contribution in [0, 0.1) is 11.8 Å². The molecule has 8 rings (SSSR count). The molecule has 2 aliphatic rings. The third kappa shape index (κ3) is 8.95. The van der Waals surface area contributed by atoms with Gasteiger partial charge in [0.2, 0.25) is 0 Å². The molecule has 4 atom stereocenters. The number of allylic oxidation sites excluding steroid dienone is 2. The van der Waals surface area contributed by atoms with Gasteiger partial charge in [-0.05, 0) is 0 Å². The second kappa shape index (κ2) is 19.9. The molecule has 0 saturated heterocycles. The van der Waals surface area contributed by atoms with Crippen LogP contribution < -0.4 is 0 Å². The fourth-order valence-electron chi connectivity index (χ4n) is 11.6. The van der Waals surface area contributed by atoms with E-state index in [2.05, 4.69) is 230 Å². The van der Waals surface area contributed by atoms with Crippen molar-refractivity contribution in [3.05, 3.63) is 177 Å². The molecular weight excluding hydrogens is 959 g/mol. The van der Waals surface area contributed by atoms with Gasteiger partial charge in [0, 0.05) is 0 Å². The summed E-state index contributed by atoms with van der Waals surface area (Å²) in [5.74, 6) is 0.360. The standard InChI is InChI=1S/2C31H35.C2H7Si.2ClH.Zr/c2*1-7-22(6)27-15-24-13-14-29(23-11-9-8-10-12-23)31(30(24)19-27)28-17-25(20(2)3)16-26(18-28)21(4)5;1-3-2;;;/h2*8-22H,7H2,1-6H3;3H,1-2H3;2*1H;/q;;;;;+2/p-2. The van der Waals surface area contributed by atoms with E-state index in [0.717, 1.165) is 12.8 Å². The van der Waals surface area contributed by atoms with Crippen LogP contribution >= 0.6 is 17.0 Å². The molecule has 4 heteroatoms. The summed E-state index contributed by atoms with van der Waals surface area (Å²) in [6.07, 6.45) is 7.28. The zero-order valence-electron chi connectivity index (χ0n) is 43.6. The summed E-state index contributed by atoms with van der Waals surface area (Å²) < 4.78 is -0.0365. The predicted molar refractivity (Wildman–Crippen MR) is 302 cm³/mol. The van der Waals surface area contributed by atoms with E-state index in [4.69, 9.17) is 0 Å². The van der Waals surface area contributed by atoms with Gasteiger partial charge in [-0.2, -0.15) is 0 Å². The number of hydrogen-bond donors (Lipinski definition) is 0. The van der Waals surface area contributed by atoms with Crippen molar-refractivity contribution in [2.24, 2.45) is 11.8 Å². The Morgan fingerprint density at radius 3 is 1.04 bits per heavy atom. The van der Waals surface area contributed by atoms with E-state index < -0.39 is 21.5 Å². The second-order valence-corrected chi connectivity index (χ2v) is 64.8. The third-order valence-corrected chi connectivity index (χ3v) is 68.1. The Kier molecular flexibility index (Phi) is 14.9. The summed E-state index contributed by atoms with van der Waals surface area (Å²) in [5, 5.41) is 0. The van der Waals surface area contributed by atoms with Gasteiger partial charge < -0.3 is 0 Å². The second-order valence-electron chi connectivity index (χ2n) is 22.3. The van der Waals surface area contributed by atoms with E-state index in [1.165, 1.54) is 100 Å². The van der Waals surface area contributed by atoms with Gasteiger partial charge in [0.15, 0.2) is 0 Å². The zero-order valence-corrected chi connectivity index (χ0v) is 48.7. The molecule has 6 aromatic carbocycles.